The van der Waals surface area contributed by atoms with Crippen LogP contribution in [0.2, 0.25) is 0 Å². The van der Waals surface area contributed by atoms with Crippen molar-refractivity contribution in [2.24, 2.45) is 0 Å². The monoisotopic (exact) mass is 216 g/mol. The van der Waals surface area contributed by atoms with Gasteiger partial charge in [-0.15, -0.1) is 6.58 Å². The molecule has 0 saturated heterocycles. The van der Waals surface area contributed by atoms with E-state index in [1.807, 2.05) is 6.07 Å². The minimum absolute atomic E-state index is 0.183. The molecule has 0 bridgehead atoms. The van der Waals surface area contributed by atoms with Crippen LogP contribution in [-0.4, -0.2) is 12.6 Å². The quantitative estimate of drug-likeness (QED) is 0.749. The van der Waals surface area contributed by atoms with Crippen LogP contribution >= 0.6 is 0 Å². The number of benzene rings is 1. The summed E-state index contributed by atoms with van der Waals surface area (Å²) in [6, 6.07) is 5.94. The summed E-state index contributed by atoms with van der Waals surface area (Å²) in [5.41, 5.74) is 3.64. The summed E-state index contributed by atoms with van der Waals surface area (Å²) >= 11 is 0. The number of anilines is 1. The topological polar surface area (TPSA) is 41.1 Å². The zero-order valence-electron chi connectivity index (χ0n) is 9.25. The van der Waals surface area contributed by atoms with E-state index in [1.54, 1.807) is 6.08 Å². The fourth-order valence-corrected chi connectivity index (χ4v) is 1.99. The van der Waals surface area contributed by atoms with Crippen molar-refractivity contribution in [1.82, 2.24) is 5.32 Å². The third kappa shape index (κ3) is 2.42. The predicted octanol–water partition coefficient (Wildman–Crippen LogP) is 2.48. The SMILES string of the molecule is C=CCNC(=O)Nc1ccc2c(c1)CCC2. The molecule has 1 aromatic carbocycles. The van der Waals surface area contributed by atoms with E-state index in [4.69, 9.17) is 0 Å². The molecule has 16 heavy (non-hydrogen) atoms. The molecule has 0 spiro atoms. The van der Waals surface area contributed by atoms with E-state index < -0.39 is 0 Å². The van der Waals surface area contributed by atoms with Gasteiger partial charge in [0.25, 0.3) is 0 Å². The molecule has 0 fully saturated rings. The van der Waals surface area contributed by atoms with Crippen LogP contribution in [-0.2, 0) is 12.8 Å². The number of nitrogens with one attached hydrogen (secondary N) is 2. The third-order valence-corrected chi connectivity index (χ3v) is 2.76. The van der Waals surface area contributed by atoms with Crippen LogP contribution in [0.25, 0.3) is 0 Å². The van der Waals surface area contributed by atoms with Gasteiger partial charge < -0.3 is 10.6 Å². The van der Waals surface area contributed by atoms with Gasteiger partial charge in [0.1, 0.15) is 0 Å². The lowest BCUT2D eigenvalue weighted by atomic mass is 10.1. The Kier molecular flexibility index (Phi) is 3.25. The van der Waals surface area contributed by atoms with Crippen molar-refractivity contribution in [3.63, 3.8) is 0 Å². The third-order valence-electron chi connectivity index (χ3n) is 2.76. The largest absolute Gasteiger partial charge is 0.334 e. The van der Waals surface area contributed by atoms with Crippen LogP contribution in [0.4, 0.5) is 10.5 Å². The second-order valence-corrected chi connectivity index (χ2v) is 3.96. The zero-order chi connectivity index (χ0) is 11.4. The molecule has 1 aliphatic rings. The number of aryl methyl sites for hydroxylation is 2. The minimum atomic E-state index is -0.183. The summed E-state index contributed by atoms with van der Waals surface area (Å²) < 4.78 is 0. The van der Waals surface area contributed by atoms with Crippen molar-refractivity contribution in [2.45, 2.75) is 19.3 Å². The van der Waals surface area contributed by atoms with Gasteiger partial charge >= 0.3 is 6.03 Å². The van der Waals surface area contributed by atoms with Crippen LogP contribution in [0.3, 0.4) is 0 Å². The molecule has 3 nitrogen and oxygen atoms in total. The minimum Gasteiger partial charge on any atom is -0.334 e. The first-order valence-corrected chi connectivity index (χ1v) is 5.57. The Hall–Kier alpha value is -1.77. The lowest BCUT2D eigenvalue weighted by Gasteiger charge is -2.07. The first kappa shape index (κ1) is 10.7. The Morgan fingerprint density at radius 3 is 3.00 bits per heavy atom. The standard InChI is InChI=1S/C13H16N2O/c1-2-8-14-13(16)15-12-7-6-10-4-3-5-11(10)9-12/h2,6-7,9H,1,3-5,8H2,(H2,14,15,16). The van der Waals surface area contributed by atoms with Crippen LogP contribution < -0.4 is 10.6 Å². The Balaban J connectivity index is 1.99. The lowest BCUT2D eigenvalue weighted by Crippen LogP contribution is -2.28. The average molecular weight is 216 g/mol. The van der Waals surface area contributed by atoms with Gasteiger partial charge in [-0.25, -0.2) is 4.79 Å². The molecule has 84 valence electrons. The van der Waals surface area contributed by atoms with Gasteiger partial charge in [-0.05, 0) is 42.5 Å². The molecule has 0 saturated carbocycles. The molecule has 2 rings (SSSR count). The molecule has 2 N–H and O–H groups in total. The number of rotatable bonds is 3. The fourth-order valence-electron chi connectivity index (χ4n) is 1.99. The number of carbonyl (C=O) groups excluding carboxylic acids is 1. The van der Waals surface area contributed by atoms with Gasteiger partial charge in [-0.3, -0.25) is 0 Å². The summed E-state index contributed by atoms with van der Waals surface area (Å²) in [6.45, 7) is 4.03. The first-order chi connectivity index (χ1) is 7.79. The van der Waals surface area contributed by atoms with Gasteiger partial charge in [0.2, 0.25) is 0 Å². The highest BCUT2D eigenvalue weighted by Gasteiger charge is 2.11. The number of hydrogen-bond donors (Lipinski definition) is 2. The normalized spacial score (nSPS) is 13.0. The molecule has 0 heterocycles. The maximum Gasteiger partial charge on any atom is 0.319 e. The van der Waals surface area contributed by atoms with Crippen molar-refractivity contribution in [3.8, 4) is 0 Å². The molecule has 0 aromatic heterocycles. The highest BCUT2D eigenvalue weighted by molar-refractivity contribution is 5.89. The van der Waals surface area contributed by atoms with E-state index in [9.17, 15) is 4.79 Å². The highest BCUT2D eigenvalue weighted by Crippen LogP contribution is 2.24. The predicted molar refractivity (Wildman–Crippen MR) is 65.7 cm³/mol. The van der Waals surface area contributed by atoms with Crippen molar-refractivity contribution in [3.05, 3.63) is 42.0 Å². The van der Waals surface area contributed by atoms with Crippen molar-refractivity contribution in [1.29, 1.82) is 0 Å². The Morgan fingerprint density at radius 1 is 1.38 bits per heavy atom. The van der Waals surface area contributed by atoms with Crippen LogP contribution in [0.5, 0.6) is 0 Å². The molecular weight excluding hydrogens is 200 g/mol. The molecular formula is C13H16N2O. The molecule has 0 radical (unpaired) electrons. The van der Waals surface area contributed by atoms with Crippen LogP contribution in [0, 0.1) is 0 Å². The van der Waals surface area contributed by atoms with E-state index >= 15 is 0 Å². The van der Waals surface area contributed by atoms with Gasteiger partial charge in [-0.1, -0.05) is 12.1 Å². The summed E-state index contributed by atoms with van der Waals surface area (Å²) in [5, 5.41) is 5.49. The van der Waals surface area contributed by atoms with Gasteiger partial charge in [0, 0.05) is 12.2 Å². The van der Waals surface area contributed by atoms with E-state index in [-0.39, 0.29) is 6.03 Å². The summed E-state index contributed by atoms with van der Waals surface area (Å²) in [4.78, 5) is 11.4. The molecule has 3 heteroatoms. The highest BCUT2D eigenvalue weighted by atomic mass is 16.2. The molecule has 0 unspecified atom stereocenters. The number of fused-ring (bicyclic) bond motifs is 1. The van der Waals surface area contributed by atoms with Gasteiger partial charge in [-0.2, -0.15) is 0 Å². The van der Waals surface area contributed by atoms with Crippen molar-refractivity contribution in [2.75, 3.05) is 11.9 Å². The summed E-state index contributed by atoms with van der Waals surface area (Å²) in [5.74, 6) is 0. The summed E-state index contributed by atoms with van der Waals surface area (Å²) in [6.07, 6.45) is 5.17. The van der Waals surface area contributed by atoms with Gasteiger partial charge in [0.05, 0.1) is 0 Å². The molecule has 0 atom stereocenters. The van der Waals surface area contributed by atoms with Crippen LogP contribution in [0.1, 0.15) is 17.5 Å². The zero-order valence-corrected chi connectivity index (χ0v) is 9.25. The Bertz CT molecular complexity index is 412. The van der Waals surface area contributed by atoms with E-state index in [2.05, 4.69) is 29.3 Å². The Labute approximate surface area is 95.6 Å². The van der Waals surface area contributed by atoms with E-state index in [0.717, 1.165) is 18.5 Å². The van der Waals surface area contributed by atoms with Gasteiger partial charge in [0.15, 0.2) is 0 Å². The molecule has 1 aliphatic carbocycles. The smallest absolute Gasteiger partial charge is 0.319 e. The van der Waals surface area contributed by atoms with Crippen molar-refractivity contribution < 1.29 is 4.79 Å². The Morgan fingerprint density at radius 2 is 2.19 bits per heavy atom. The number of amides is 2. The second kappa shape index (κ2) is 4.84. The second-order valence-electron chi connectivity index (χ2n) is 3.96. The number of hydrogen-bond acceptors (Lipinski definition) is 1. The van der Waals surface area contributed by atoms with Crippen molar-refractivity contribution >= 4 is 11.7 Å². The number of urea groups is 1. The maximum absolute atomic E-state index is 11.4. The van der Waals surface area contributed by atoms with E-state index in [0.29, 0.717) is 6.54 Å². The number of carbonyl (C=O) groups is 1. The average Bonchev–Trinajstić information content (AvgIpc) is 2.73. The fraction of sp³-hybridized carbons (Fsp3) is 0.308. The molecule has 0 aliphatic heterocycles. The lowest BCUT2D eigenvalue weighted by molar-refractivity contribution is 0.253. The van der Waals surface area contributed by atoms with Crippen LogP contribution in [0.15, 0.2) is 30.9 Å². The first-order valence-electron chi connectivity index (χ1n) is 5.57. The molecule has 2 amide bonds. The maximum atomic E-state index is 11.4. The summed E-state index contributed by atoms with van der Waals surface area (Å²) in [7, 11) is 0. The molecule has 1 aromatic rings. The van der Waals surface area contributed by atoms with E-state index in [1.165, 1.54) is 17.5 Å².